The summed E-state index contributed by atoms with van der Waals surface area (Å²) in [6.07, 6.45) is 4.43. The molecule has 1 atom stereocenters. The fraction of sp³-hybridized carbons (Fsp3) is 0.450. The van der Waals surface area contributed by atoms with Crippen LogP contribution in [0.15, 0.2) is 24.3 Å². The van der Waals surface area contributed by atoms with E-state index < -0.39 is 0 Å². The molecule has 1 fully saturated rings. The quantitative estimate of drug-likeness (QED) is 0.865. The Kier molecular flexibility index (Phi) is 3.94. The molecule has 0 spiro atoms. The van der Waals surface area contributed by atoms with E-state index in [9.17, 15) is 4.79 Å². The maximum atomic E-state index is 12.1. The van der Waals surface area contributed by atoms with Crippen LogP contribution in [0.3, 0.4) is 0 Å². The smallest absolute Gasteiger partial charge is 0.253 e. The van der Waals surface area contributed by atoms with E-state index in [4.69, 9.17) is 9.97 Å². The summed E-state index contributed by atoms with van der Waals surface area (Å²) in [5.74, 6) is 0.886. The molecular weight excluding hydrogens is 312 g/mol. The molecule has 0 radical (unpaired) electrons. The van der Waals surface area contributed by atoms with Crippen molar-refractivity contribution in [2.24, 2.45) is 0 Å². The second-order valence-corrected chi connectivity index (χ2v) is 7.26. The predicted molar refractivity (Wildman–Crippen MR) is 98.9 cm³/mol. The molecule has 2 aliphatic rings. The van der Waals surface area contributed by atoms with Crippen LogP contribution in [0.5, 0.6) is 0 Å². The Morgan fingerprint density at radius 1 is 1.16 bits per heavy atom. The van der Waals surface area contributed by atoms with Gasteiger partial charge in [-0.1, -0.05) is 12.1 Å². The molecule has 5 nitrogen and oxygen atoms in total. The van der Waals surface area contributed by atoms with Crippen molar-refractivity contribution in [2.45, 2.75) is 38.6 Å². The number of rotatable bonds is 3. The lowest BCUT2D eigenvalue weighted by Gasteiger charge is -2.39. The van der Waals surface area contributed by atoms with Crippen LogP contribution in [0, 0.1) is 0 Å². The first-order chi connectivity index (χ1) is 12.0. The SMILES string of the molecule is CC1CCN1c1nc2c(c(-c3ccc(C(=O)N(C)C)cc3)n1)CCC2. The van der Waals surface area contributed by atoms with E-state index >= 15 is 0 Å². The first-order valence-corrected chi connectivity index (χ1v) is 9.03. The summed E-state index contributed by atoms with van der Waals surface area (Å²) in [4.78, 5) is 25.7. The molecular formula is C20H24N4O. The van der Waals surface area contributed by atoms with Crippen LogP contribution in [0.4, 0.5) is 5.95 Å². The van der Waals surface area contributed by atoms with E-state index in [1.165, 1.54) is 17.7 Å². The molecule has 1 aliphatic carbocycles. The van der Waals surface area contributed by atoms with Gasteiger partial charge in [-0.2, -0.15) is 0 Å². The van der Waals surface area contributed by atoms with Crippen molar-refractivity contribution in [1.29, 1.82) is 0 Å². The van der Waals surface area contributed by atoms with Gasteiger partial charge in [0.2, 0.25) is 5.95 Å². The highest BCUT2D eigenvalue weighted by Gasteiger charge is 2.29. The average Bonchev–Trinajstić information content (AvgIpc) is 3.07. The summed E-state index contributed by atoms with van der Waals surface area (Å²) < 4.78 is 0. The Hall–Kier alpha value is -2.43. The monoisotopic (exact) mass is 336 g/mol. The van der Waals surface area contributed by atoms with Gasteiger partial charge in [0.1, 0.15) is 0 Å². The number of carbonyl (C=O) groups is 1. The van der Waals surface area contributed by atoms with Crippen molar-refractivity contribution in [1.82, 2.24) is 14.9 Å². The van der Waals surface area contributed by atoms with Crippen LogP contribution in [0.2, 0.25) is 0 Å². The highest BCUT2D eigenvalue weighted by Crippen LogP contribution is 2.34. The van der Waals surface area contributed by atoms with Crippen LogP contribution in [0.25, 0.3) is 11.3 Å². The number of hydrogen-bond acceptors (Lipinski definition) is 4. The molecule has 1 saturated heterocycles. The molecule has 1 aromatic heterocycles. The van der Waals surface area contributed by atoms with Gasteiger partial charge in [0.15, 0.2) is 0 Å². The third-order valence-corrected chi connectivity index (χ3v) is 5.31. The lowest BCUT2D eigenvalue weighted by molar-refractivity contribution is 0.0827. The third kappa shape index (κ3) is 2.77. The largest absolute Gasteiger partial charge is 0.345 e. The van der Waals surface area contributed by atoms with Gasteiger partial charge in [0.05, 0.1) is 5.69 Å². The Labute approximate surface area is 148 Å². The Bertz CT molecular complexity index is 813. The van der Waals surface area contributed by atoms with E-state index in [2.05, 4.69) is 11.8 Å². The molecule has 1 aliphatic heterocycles. The van der Waals surface area contributed by atoms with Crippen LogP contribution in [-0.2, 0) is 12.8 Å². The van der Waals surface area contributed by atoms with Crippen molar-refractivity contribution in [3.63, 3.8) is 0 Å². The zero-order chi connectivity index (χ0) is 17.6. The van der Waals surface area contributed by atoms with Crippen LogP contribution >= 0.6 is 0 Å². The Morgan fingerprint density at radius 2 is 1.92 bits per heavy atom. The number of benzene rings is 1. The van der Waals surface area contributed by atoms with Gasteiger partial charge in [0.25, 0.3) is 5.91 Å². The standard InChI is InChI=1S/C20H24N4O/c1-13-11-12-24(13)20-21-17-6-4-5-16(17)18(22-20)14-7-9-15(10-8-14)19(25)23(2)3/h7-10,13H,4-6,11-12H2,1-3H3. The van der Waals surface area contributed by atoms with Gasteiger partial charge in [0, 0.05) is 49.1 Å². The van der Waals surface area contributed by atoms with E-state index in [0.29, 0.717) is 11.6 Å². The van der Waals surface area contributed by atoms with Crippen molar-refractivity contribution in [3.05, 3.63) is 41.1 Å². The van der Waals surface area contributed by atoms with Crippen molar-refractivity contribution in [3.8, 4) is 11.3 Å². The number of amides is 1. The number of hydrogen-bond donors (Lipinski definition) is 0. The molecule has 25 heavy (non-hydrogen) atoms. The number of fused-ring (bicyclic) bond motifs is 1. The first kappa shape index (κ1) is 16.1. The topological polar surface area (TPSA) is 49.3 Å². The molecule has 130 valence electrons. The average molecular weight is 336 g/mol. The minimum Gasteiger partial charge on any atom is -0.345 e. The van der Waals surface area contributed by atoms with E-state index in [1.54, 1.807) is 19.0 Å². The summed E-state index contributed by atoms with van der Waals surface area (Å²) >= 11 is 0. The molecule has 1 amide bonds. The minimum atomic E-state index is 0.0227. The van der Waals surface area contributed by atoms with Gasteiger partial charge in [-0.3, -0.25) is 4.79 Å². The normalized spacial score (nSPS) is 18.7. The predicted octanol–water partition coefficient (Wildman–Crippen LogP) is 2.93. The molecule has 4 rings (SSSR count). The number of nitrogens with zero attached hydrogens (tertiary/aromatic N) is 4. The highest BCUT2D eigenvalue weighted by molar-refractivity contribution is 5.94. The van der Waals surface area contributed by atoms with Gasteiger partial charge in [-0.25, -0.2) is 9.97 Å². The molecule has 2 heterocycles. The lowest BCUT2D eigenvalue weighted by atomic mass is 10.0. The first-order valence-electron chi connectivity index (χ1n) is 9.03. The maximum absolute atomic E-state index is 12.1. The molecule has 2 aromatic rings. The number of aromatic nitrogens is 2. The van der Waals surface area contributed by atoms with Crippen LogP contribution < -0.4 is 4.90 Å². The maximum Gasteiger partial charge on any atom is 0.253 e. The molecule has 1 unspecified atom stereocenters. The lowest BCUT2D eigenvalue weighted by Crippen LogP contribution is -2.46. The van der Waals surface area contributed by atoms with Gasteiger partial charge >= 0.3 is 0 Å². The second kappa shape index (κ2) is 6.14. The van der Waals surface area contributed by atoms with E-state index in [0.717, 1.165) is 43.0 Å². The van der Waals surface area contributed by atoms with Gasteiger partial charge < -0.3 is 9.80 Å². The number of aryl methyl sites for hydroxylation is 1. The van der Waals surface area contributed by atoms with Crippen LogP contribution in [-0.4, -0.2) is 47.5 Å². The summed E-state index contributed by atoms with van der Waals surface area (Å²) in [5.41, 5.74) is 5.30. The fourth-order valence-electron chi connectivity index (χ4n) is 3.63. The van der Waals surface area contributed by atoms with Gasteiger partial charge in [-0.15, -0.1) is 0 Å². The summed E-state index contributed by atoms with van der Waals surface area (Å²) in [5, 5.41) is 0. The third-order valence-electron chi connectivity index (χ3n) is 5.31. The number of anilines is 1. The summed E-state index contributed by atoms with van der Waals surface area (Å²) in [7, 11) is 3.54. The van der Waals surface area contributed by atoms with Gasteiger partial charge in [-0.05, 0) is 44.7 Å². The summed E-state index contributed by atoms with van der Waals surface area (Å²) in [6.45, 7) is 3.26. The van der Waals surface area contributed by atoms with E-state index in [-0.39, 0.29) is 5.91 Å². The molecule has 0 bridgehead atoms. The molecule has 1 aromatic carbocycles. The molecule has 5 heteroatoms. The van der Waals surface area contributed by atoms with E-state index in [1.807, 2.05) is 24.3 Å². The second-order valence-electron chi connectivity index (χ2n) is 7.26. The van der Waals surface area contributed by atoms with Crippen LogP contribution in [0.1, 0.15) is 41.4 Å². The fourth-order valence-corrected chi connectivity index (χ4v) is 3.63. The zero-order valence-corrected chi connectivity index (χ0v) is 15.1. The zero-order valence-electron chi connectivity index (χ0n) is 15.1. The van der Waals surface area contributed by atoms with Crippen molar-refractivity contribution in [2.75, 3.05) is 25.5 Å². The van der Waals surface area contributed by atoms with Crippen molar-refractivity contribution >= 4 is 11.9 Å². The number of carbonyl (C=O) groups excluding carboxylic acids is 1. The molecule has 0 N–H and O–H groups in total. The van der Waals surface area contributed by atoms with Crippen molar-refractivity contribution < 1.29 is 4.79 Å². The minimum absolute atomic E-state index is 0.0227. The highest BCUT2D eigenvalue weighted by atomic mass is 16.2. The Balaban J connectivity index is 1.73. The Morgan fingerprint density at radius 3 is 2.52 bits per heavy atom. The summed E-state index contributed by atoms with van der Waals surface area (Å²) in [6, 6.07) is 8.34. The molecule has 0 saturated carbocycles.